The molecule has 12 heavy (non-hydrogen) atoms. The van der Waals surface area contributed by atoms with Crippen molar-refractivity contribution in [2.75, 3.05) is 20.2 Å². The molecule has 0 rings (SSSR count). The zero-order chi connectivity index (χ0) is 9.72. The van der Waals surface area contributed by atoms with Gasteiger partial charge in [0, 0.05) is 19.6 Å². The zero-order valence-electron chi connectivity index (χ0n) is 7.95. The van der Waals surface area contributed by atoms with Crippen molar-refractivity contribution >= 4 is 5.91 Å². The first kappa shape index (κ1) is 11.4. The molecule has 4 heteroatoms. The van der Waals surface area contributed by atoms with Gasteiger partial charge in [-0.3, -0.25) is 4.79 Å². The minimum Gasteiger partial charge on any atom is -0.395 e. The first-order valence-electron chi connectivity index (χ1n) is 4.12. The van der Waals surface area contributed by atoms with Gasteiger partial charge in [0.25, 0.3) is 0 Å². The van der Waals surface area contributed by atoms with Gasteiger partial charge in [-0.15, -0.1) is 0 Å². The summed E-state index contributed by atoms with van der Waals surface area (Å²) < 4.78 is 0. The van der Waals surface area contributed by atoms with Crippen molar-refractivity contribution in [3.63, 3.8) is 0 Å². The van der Waals surface area contributed by atoms with Gasteiger partial charge in [0.15, 0.2) is 0 Å². The first-order chi connectivity index (χ1) is 5.50. The van der Waals surface area contributed by atoms with Gasteiger partial charge in [0.05, 0.1) is 12.5 Å². The van der Waals surface area contributed by atoms with Crippen molar-refractivity contribution in [1.29, 1.82) is 0 Å². The average Bonchev–Trinajstić information content (AvgIpc) is 2.02. The smallest absolute Gasteiger partial charge is 0.226 e. The molecule has 0 heterocycles. The summed E-state index contributed by atoms with van der Waals surface area (Å²) in [6.45, 7) is 3.96. The maximum absolute atomic E-state index is 11.4. The van der Waals surface area contributed by atoms with E-state index in [9.17, 15) is 4.79 Å². The summed E-state index contributed by atoms with van der Waals surface area (Å²) >= 11 is 0. The summed E-state index contributed by atoms with van der Waals surface area (Å²) in [4.78, 5) is 12.9. The van der Waals surface area contributed by atoms with Crippen molar-refractivity contribution in [1.82, 2.24) is 4.90 Å². The van der Waals surface area contributed by atoms with Gasteiger partial charge in [-0.25, -0.2) is 0 Å². The molecular formula is C8H18N2O2. The number of aliphatic hydroxyl groups is 1. The van der Waals surface area contributed by atoms with Crippen LogP contribution >= 0.6 is 0 Å². The Morgan fingerprint density at radius 3 is 2.42 bits per heavy atom. The first-order valence-corrected chi connectivity index (χ1v) is 4.12. The summed E-state index contributed by atoms with van der Waals surface area (Å²) in [7, 11) is 1.66. The lowest BCUT2D eigenvalue weighted by Gasteiger charge is -2.22. The Hall–Kier alpha value is -0.610. The van der Waals surface area contributed by atoms with Crippen LogP contribution in [0.25, 0.3) is 0 Å². The second-order valence-electron chi connectivity index (χ2n) is 3.13. The van der Waals surface area contributed by atoms with E-state index in [0.717, 1.165) is 0 Å². The van der Waals surface area contributed by atoms with E-state index in [1.54, 1.807) is 20.9 Å². The van der Waals surface area contributed by atoms with Crippen LogP contribution in [0.4, 0.5) is 0 Å². The maximum Gasteiger partial charge on any atom is 0.226 e. The Kier molecular flexibility index (Phi) is 4.85. The molecule has 4 nitrogen and oxygen atoms in total. The molecule has 0 aliphatic rings. The van der Waals surface area contributed by atoms with Crippen LogP contribution in [0.3, 0.4) is 0 Å². The fraction of sp³-hybridized carbons (Fsp3) is 0.875. The van der Waals surface area contributed by atoms with Crippen LogP contribution in [-0.4, -0.2) is 42.2 Å². The minimum absolute atomic E-state index is 0.00604. The Labute approximate surface area is 73.3 Å². The van der Waals surface area contributed by atoms with Gasteiger partial charge < -0.3 is 15.7 Å². The van der Waals surface area contributed by atoms with Crippen LogP contribution in [0.5, 0.6) is 0 Å². The number of nitrogens with two attached hydrogens (primary N) is 1. The van der Waals surface area contributed by atoms with E-state index in [-0.39, 0.29) is 24.5 Å². The molecule has 0 saturated heterocycles. The Balaban J connectivity index is 4.00. The van der Waals surface area contributed by atoms with Crippen molar-refractivity contribution in [2.45, 2.75) is 19.9 Å². The molecule has 72 valence electrons. The molecule has 0 spiro atoms. The van der Waals surface area contributed by atoms with E-state index in [0.29, 0.717) is 6.54 Å². The van der Waals surface area contributed by atoms with E-state index >= 15 is 0 Å². The molecule has 2 unspecified atom stereocenters. The van der Waals surface area contributed by atoms with E-state index in [1.165, 1.54) is 4.90 Å². The van der Waals surface area contributed by atoms with E-state index < -0.39 is 0 Å². The SMILES string of the molecule is CC(N)C(C)C(=O)N(C)CCO. The third-order valence-corrected chi connectivity index (χ3v) is 1.99. The highest BCUT2D eigenvalue weighted by atomic mass is 16.3. The lowest BCUT2D eigenvalue weighted by Crippen LogP contribution is -2.40. The fourth-order valence-corrected chi connectivity index (χ4v) is 0.833. The maximum atomic E-state index is 11.4. The molecule has 0 saturated carbocycles. The highest BCUT2D eigenvalue weighted by Gasteiger charge is 2.19. The lowest BCUT2D eigenvalue weighted by atomic mass is 10.0. The highest BCUT2D eigenvalue weighted by Crippen LogP contribution is 2.03. The molecule has 3 N–H and O–H groups in total. The van der Waals surface area contributed by atoms with E-state index in [4.69, 9.17) is 10.8 Å². The molecule has 0 aromatic carbocycles. The van der Waals surface area contributed by atoms with Gasteiger partial charge in [0.1, 0.15) is 0 Å². The number of rotatable bonds is 4. The minimum atomic E-state index is -0.179. The molecule has 0 radical (unpaired) electrons. The van der Waals surface area contributed by atoms with Crippen LogP contribution in [0.15, 0.2) is 0 Å². The van der Waals surface area contributed by atoms with Gasteiger partial charge in [-0.1, -0.05) is 6.92 Å². The monoisotopic (exact) mass is 174 g/mol. The van der Waals surface area contributed by atoms with Crippen LogP contribution in [0.2, 0.25) is 0 Å². The number of hydrogen-bond acceptors (Lipinski definition) is 3. The van der Waals surface area contributed by atoms with Crippen molar-refractivity contribution in [3.05, 3.63) is 0 Å². The summed E-state index contributed by atoms with van der Waals surface area (Å²) in [5.74, 6) is -0.194. The third kappa shape index (κ3) is 3.19. The van der Waals surface area contributed by atoms with Crippen LogP contribution in [0, 0.1) is 5.92 Å². The molecule has 0 bridgehead atoms. The van der Waals surface area contributed by atoms with Crippen molar-refractivity contribution in [2.24, 2.45) is 11.7 Å². The van der Waals surface area contributed by atoms with Crippen LogP contribution < -0.4 is 5.73 Å². The van der Waals surface area contributed by atoms with Gasteiger partial charge in [-0.2, -0.15) is 0 Å². The summed E-state index contributed by atoms with van der Waals surface area (Å²) in [5.41, 5.74) is 5.56. The van der Waals surface area contributed by atoms with E-state index in [2.05, 4.69) is 0 Å². The quantitative estimate of drug-likeness (QED) is 0.599. The van der Waals surface area contributed by atoms with Crippen molar-refractivity contribution in [3.8, 4) is 0 Å². The second-order valence-corrected chi connectivity index (χ2v) is 3.13. The number of hydrogen-bond donors (Lipinski definition) is 2. The average molecular weight is 174 g/mol. The topological polar surface area (TPSA) is 66.6 Å². The Bertz CT molecular complexity index is 148. The molecule has 0 aliphatic heterocycles. The summed E-state index contributed by atoms with van der Waals surface area (Å²) in [5, 5.41) is 8.58. The molecule has 0 fully saturated rings. The predicted molar refractivity (Wildman–Crippen MR) is 47.5 cm³/mol. The zero-order valence-corrected chi connectivity index (χ0v) is 7.95. The number of likely N-dealkylation sites (N-methyl/N-ethyl adjacent to an activating group) is 1. The molecule has 0 aliphatic carbocycles. The molecule has 0 aromatic heterocycles. The number of amides is 1. The lowest BCUT2D eigenvalue weighted by molar-refractivity contribution is -0.134. The van der Waals surface area contributed by atoms with Crippen LogP contribution in [0.1, 0.15) is 13.8 Å². The van der Waals surface area contributed by atoms with Gasteiger partial charge in [0.2, 0.25) is 5.91 Å². The normalized spacial score (nSPS) is 15.4. The number of nitrogens with zero attached hydrogens (tertiary/aromatic N) is 1. The van der Waals surface area contributed by atoms with Crippen molar-refractivity contribution < 1.29 is 9.90 Å². The summed E-state index contributed by atoms with van der Waals surface area (Å²) in [6, 6.07) is -0.140. The number of aliphatic hydroxyl groups excluding tert-OH is 1. The molecule has 0 aromatic rings. The molecule has 2 atom stereocenters. The van der Waals surface area contributed by atoms with Gasteiger partial charge >= 0.3 is 0 Å². The largest absolute Gasteiger partial charge is 0.395 e. The number of carbonyl (C=O) groups excluding carboxylic acids is 1. The Morgan fingerprint density at radius 2 is 2.08 bits per heavy atom. The Morgan fingerprint density at radius 1 is 1.58 bits per heavy atom. The predicted octanol–water partition coefficient (Wildman–Crippen LogP) is -0.580. The molecule has 1 amide bonds. The van der Waals surface area contributed by atoms with Gasteiger partial charge in [-0.05, 0) is 6.92 Å². The molecular weight excluding hydrogens is 156 g/mol. The second kappa shape index (κ2) is 5.11. The summed E-state index contributed by atoms with van der Waals surface area (Å²) in [6.07, 6.45) is 0. The fourth-order valence-electron chi connectivity index (χ4n) is 0.833. The van der Waals surface area contributed by atoms with E-state index in [1.807, 2.05) is 0 Å². The third-order valence-electron chi connectivity index (χ3n) is 1.99. The number of carbonyl (C=O) groups is 1. The van der Waals surface area contributed by atoms with Crippen LogP contribution in [-0.2, 0) is 4.79 Å². The highest BCUT2D eigenvalue weighted by molar-refractivity contribution is 5.78. The standard InChI is InChI=1S/C8H18N2O2/c1-6(7(2)9)8(12)10(3)4-5-11/h6-7,11H,4-5,9H2,1-3H3.